The predicted molar refractivity (Wildman–Crippen MR) is 71.0 cm³/mol. The van der Waals surface area contributed by atoms with Gasteiger partial charge in [0.2, 0.25) is 0 Å². The second kappa shape index (κ2) is 4.76. The van der Waals surface area contributed by atoms with E-state index in [1.807, 2.05) is 0 Å². The molecule has 0 saturated carbocycles. The van der Waals surface area contributed by atoms with Gasteiger partial charge in [0.1, 0.15) is 19.0 Å². The van der Waals surface area contributed by atoms with E-state index in [-0.39, 0.29) is 5.69 Å². The number of nitrogens with zero attached hydrogens (tertiary/aromatic N) is 1. The highest BCUT2D eigenvalue weighted by Crippen LogP contribution is 2.37. The Morgan fingerprint density at radius 2 is 1.95 bits per heavy atom. The quantitative estimate of drug-likeness (QED) is 0.807. The van der Waals surface area contributed by atoms with Crippen molar-refractivity contribution >= 4 is 17.3 Å². The van der Waals surface area contributed by atoms with E-state index >= 15 is 0 Å². The average Bonchev–Trinajstić information content (AvgIpc) is 2.86. The van der Waals surface area contributed by atoms with Gasteiger partial charge in [-0.3, -0.25) is 4.79 Å². The second-order valence-corrected chi connectivity index (χ2v) is 4.36. The van der Waals surface area contributed by atoms with Crippen LogP contribution in [0, 0.1) is 6.92 Å². The van der Waals surface area contributed by atoms with E-state index in [4.69, 9.17) is 19.7 Å². The topological polar surface area (TPSA) is 99.6 Å². The zero-order valence-electron chi connectivity index (χ0n) is 10.8. The molecule has 1 aromatic heterocycles. The van der Waals surface area contributed by atoms with Gasteiger partial charge in [-0.1, -0.05) is 5.16 Å². The molecule has 7 heteroatoms. The van der Waals surface area contributed by atoms with Crippen molar-refractivity contribution in [1.29, 1.82) is 0 Å². The number of ether oxygens (including phenoxy) is 2. The van der Waals surface area contributed by atoms with Gasteiger partial charge < -0.3 is 25.0 Å². The third-order valence-electron chi connectivity index (χ3n) is 2.82. The van der Waals surface area contributed by atoms with E-state index in [0.29, 0.717) is 41.8 Å². The maximum absolute atomic E-state index is 12.0. The molecule has 1 aliphatic heterocycles. The summed E-state index contributed by atoms with van der Waals surface area (Å²) in [5.74, 6) is 1.29. The van der Waals surface area contributed by atoms with Crippen LogP contribution in [0.25, 0.3) is 0 Å². The summed E-state index contributed by atoms with van der Waals surface area (Å²) in [7, 11) is 0. The Morgan fingerprint density at radius 3 is 2.60 bits per heavy atom. The summed E-state index contributed by atoms with van der Waals surface area (Å²) in [6.07, 6.45) is 0. The van der Waals surface area contributed by atoms with Crippen LogP contribution in [0.15, 0.2) is 22.7 Å². The number of carbonyl (C=O) groups excluding carboxylic acids is 1. The molecule has 20 heavy (non-hydrogen) atoms. The van der Waals surface area contributed by atoms with Crippen molar-refractivity contribution in [2.45, 2.75) is 6.92 Å². The summed E-state index contributed by atoms with van der Waals surface area (Å²) in [5.41, 5.74) is 6.91. The van der Waals surface area contributed by atoms with Crippen molar-refractivity contribution in [3.05, 3.63) is 29.7 Å². The Balaban J connectivity index is 1.85. The summed E-state index contributed by atoms with van der Waals surface area (Å²) in [4.78, 5) is 12.0. The molecule has 104 valence electrons. The molecule has 1 aromatic carbocycles. The lowest BCUT2D eigenvalue weighted by Gasteiger charge is -2.20. The lowest BCUT2D eigenvalue weighted by atomic mass is 10.2. The number of benzene rings is 1. The smallest absolute Gasteiger partial charge is 0.277 e. The van der Waals surface area contributed by atoms with Crippen molar-refractivity contribution in [3.63, 3.8) is 0 Å². The molecule has 0 spiro atoms. The molecule has 0 radical (unpaired) electrons. The van der Waals surface area contributed by atoms with Gasteiger partial charge in [-0.2, -0.15) is 0 Å². The first-order chi connectivity index (χ1) is 9.63. The molecule has 0 unspecified atom stereocenters. The minimum atomic E-state index is -0.398. The van der Waals surface area contributed by atoms with E-state index < -0.39 is 5.91 Å². The van der Waals surface area contributed by atoms with Gasteiger partial charge in [0.25, 0.3) is 5.91 Å². The molecule has 0 saturated heterocycles. The monoisotopic (exact) mass is 275 g/mol. The Kier molecular flexibility index (Phi) is 2.94. The number of amides is 1. The van der Waals surface area contributed by atoms with Crippen LogP contribution < -0.4 is 20.5 Å². The minimum absolute atomic E-state index is 0.191. The van der Waals surface area contributed by atoms with Crippen LogP contribution in [0.5, 0.6) is 11.5 Å². The van der Waals surface area contributed by atoms with E-state index in [9.17, 15) is 4.79 Å². The number of fused-ring (bicyclic) bond motifs is 1. The molecule has 2 aromatic rings. The molecule has 0 aliphatic carbocycles. The molecule has 1 aliphatic rings. The van der Waals surface area contributed by atoms with Crippen LogP contribution in [0.2, 0.25) is 0 Å². The third kappa shape index (κ3) is 2.25. The van der Waals surface area contributed by atoms with Gasteiger partial charge in [-0.15, -0.1) is 0 Å². The summed E-state index contributed by atoms with van der Waals surface area (Å²) in [5, 5.41) is 6.31. The van der Waals surface area contributed by atoms with Crippen molar-refractivity contribution in [1.82, 2.24) is 5.16 Å². The maximum atomic E-state index is 12.0. The zero-order valence-corrected chi connectivity index (χ0v) is 10.8. The summed E-state index contributed by atoms with van der Waals surface area (Å²) in [6.45, 7) is 2.66. The molecule has 2 heterocycles. The third-order valence-corrected chi connectivity index (χ3v) is 2.82. The molecular formula is C13H13N3O4. The van der Waals surface area contributed by atoms with Crippen molar-refractivity contribution in [2.75, 3.05) is 24.3 Å². The molecule has 3 rings (SSSR count). The molecular weight excluding hydrogens is 262 g/mol. The normalized spacial score (nSPS) is 13.1. The van der Waals surface area contributed by atoms with E-state index in [2.05, 4.69) is 10.5 Å². The van der Waals surface area contributed by atoms with E-state index in [1.54, 1.807) is 25.1 Å². The van der Waals surface area contributed by atoms with Crippen molar-refractivity contribution < 1.29 is 18.8 Å². The Bertz CT molecular complexity index is 666. The maximum Gasteiger partial charge on any atom is 0.277 e. The van der Waals surface area contributed by atoms with E-state index in [0.717, 1.165) is 0 Å². The van der Waals surface area contributed by atoms with E-state index in [1.165, 1.54) is 0 Å². The summed E-state index contributed by atoms with van der Waals surface area (Å²) >= 11 is 0. The van der Waals surface area contributed by atoms with Gasteiger partial charge in [0, 0.05) is 18.2 Å². The number of hydrogen-bond donors (Lipinski definition) is 2. The number of rotatable bonds is 2. The fourth-order valence-corrected chi connectivity index (χ4v) is 1.87. The number of nitrogens with one attached hydrogen (secondary N) is 1. The Labute approximate surface area is 114 Å². The highest BCUT2D eigenvalue weighted by molar-refractivity contribution is 6.04. The number of aryl methyl sites for hydroxylation is 1. The van der Waals surface area contributed by atoms with Crippen molar-refractivity contribution in [3.8, 4) is 11.5 Å². The van der Waals surface area contributed by atoms with Gasteiger partial charge in [-0.25, -0.2) is 0 Å². The molecule has 0 bridgehead atoms. The average molecular weight is 275 g/mol. The van der Waals surface area contributed by atoms with Crippen LogP contribution >= 0.6 is 0 Å². The fourth-order valence-electron chi connectivity index (χ4n) is 1.87. The summed E-state index contributed by atoms with van der Waals surface area (Å²) < 4.78 is 15.7. The predicted octanol–water partition coefficient (Wildman–Crippen LogP) is 1.59. The summed E-state index contributed by atoms with van der Waals surface area (Å²) in [6, 6.07) is 4.80. The molecule has 0 fully saturated rings. The van der Waals surface area contributed by atoms with Crippen LogP contribution in [-0.2, 0) is 0 Å². The van der Waals surface area contributed by atoms with Gasteiger partial charge in [0.05, 0.1) is 11.4 Å². The standard InChI is InChI=1S/C13H13N3O4/c1-7-4-10(16-20-7)13(17)15-9-6-12-11(5-8(9)14)18-2-3-19-12/h4-6H,2-3,14H2,1H3,(H,15,17). The number of nitrogen functional groups attached to an aromatic ring is 1. The molecule has 1 amide bonds. The largest absolute Gasteiger partial charge is 0.486 e. The number of aromatic nitrogens is 1. The number of anilines is 2. The van der Waals surface area contributed by atoms with Gasteiger partial charge >= 0.3 is 0 Å². The molecule has 7 nitrogen and oxygen atoms in total. The number of hydrogen-bond acceptors (Lipinski definition) is 6. The van der Waals surface area contributed by atoms with Crippen LogP contribution in [0.1, 0.15) is 16.2 Å². The molecule has 3 N–H and O–H groups in total. The fraction of sp³-hybridized carbons (Fsp3) is 0.231. The number of nitrogens with two attached hydrogens (primary N) is 1. The number of carbonyl (C=O) groups is 1. The van der Waals surface area contributed by atoms with Crippen molar-refractivity contribution in [2.24, 2.45) is 0 Å². The first kappa shape index (κ1) is 12.3. The minimum Gasteiger partial charge on any atom is -0.486 e. The first-order valence-corrected chi connectivity index (χ1v) is 6.07. The molecule has 0 atom stereocenters. The van der Waals surface area contributed by atoms with Gasteiger partial charge in [0.15, 0.2) is 17.2 Å². The lowest BCUT2D eigenvalue weighted by molar-refractivity contribution is 0.101. The van der Waals surface area contributed by atoms with Crippen LogP contribution in [-0.4, -0.2) is 24.3 Å². The van der Waals surface area contributed by atoms with Crippen LogP contribution in [0.4, 0.5) is 11.4 Å². The zero-order chi connectivity index (χ0) is 14.1. The second-order valence-electron chi connectivity index (χ2n) is 4.36. The highest BCUT2D eigenvalue weighted by Gasteiger charge is 2.17. The first-order valence-electron chi connectivity index (χ1n) is 6.07. The lowest BCUT2D eigenvalue weighted by Crippen LogP contribution is -2.17. The Morgan fingerprint density at radius 1 is 1.25 bits per heavy atom. The highest BCUT2D eigenvalue weighted by atomic mass is 16.6. The van der Waals surface area contributed by atoms with Gasteiger partial charge in [-0.05, 0) is 6.92 Å². The SMILES string of the molecule is Cc1cc(C(=O)Nc2cc3c(cc2N)OCCO3)no1. The van der Waals surface area contributed by atoms with Crippen LogP contribution in [0.3, 0.4) is 0 Å². The Hall–Kier alpha value is -2.70.